The van der Waals surface area contributed by atoms with Gasteiger partial charge in [0, 0.05) is 43.4 Å². The van der Waals surface area contributed by atoms with E-state index in [4.69, 9.17) is 23.9 Å². The van der Waals surface area contributed by atoms with Crippen LogP contribution in [-0.4, -0.2) is 91.6 Å². The van der Waals surface area contributed by atoms with Gasteiger partial charge in [-0.3, -0.25) is 23.5 Å². The van der Waals surface area contributed by atoms with Gasteiger partial charge in [0.05, 0.1) is 43.4 Å². The monoisotopic (exact) mass is 872 g/mol. The van der Waals surface area contributed by atoms with E-state index in [0.717, 1.165) is 56.6 Å². The van der Waals surface area contributed by atoms with Crippen LogP contribution in [0.3, 0.4) is 0 Å². The first-order chi connectivity index (χ1) is 29.8. The molecular formula is C47H56N8O7Si. The van der Waals surface area contributed by atoms with E-state index in [0.29, 0.717) is 43.3 Å². The summed E-state index contributed by atoms with van der Waals surface area (Å²) in [6, 6.07) is 20.6. The highest BCUT2D eigenvalue weighted by Gasteiger charge is 2.33. The normalized spacial score (nSPS) is 13.9. The highest BCUT2D eigenvalue weighted by Crippen LogP contribution is 2.34. The molecule has 0 atom stereocenters. The quantitative estimate of drug-likeness (QED) is 0.0706. The van der Waals surface area contributed by atoms with Gasteiger partial charge in [-0.25, -0.2) is 24.7 Å². The molecule has 1 amide bonds. The second-order valence-corrected chi connectivity index (χ2v) is 23.8. The number of nitrogens with zero attached hydrogens (tertiary/aromatic N) is 7. The number of carbonyl (C=O) groups is 3. The van der Waals surface area contributed by atoms with Crippen molar-refractivity contribution in [3.63, 3.8) is 0 Å². The number of benzene rings is 2. The molecule has 7 aromatic rings. The number of aryl methyl sites for hydroxylation is 1. The molecule has 1 aliphatic heterocycles. The standard InChI is InChI=1S/C30H42N4O6Si.C17H14N4O/c1-21(35)19-33(28(36)40-29(2,3)4)26-18-31-27-24(32-26)17-25(34(27)20-37-15-16-41(6,7)8)22-9-11-23(12-10-22)30(5)38-13-14-39-30;1-10-8-18-16-9-19-17-15(21(10)16)7-14(20-17)13-5-3-12(4-6-13)11(2)22/h9-12,17-18H,13-16,19-20H2,1-8H3;3-9,20H,1-2H3. The van der Waals surface area contributed by atoms with Crippen molar-refractivity contribution in [2.75, 3.05) is 31.3 Å². The minimum absolute atomic E-state index is 0.0700. The Bertz CT molecular complexity index is 2770. The van der Waals surface area contributed by atoms with Gasteiger partial charge < -0.3 is 23.9 Å². The van der Waals surface area contributed by atoms with Crippen molar-refractivity contribution in [1.29, 1.82) is 0 Å². The van der Waals surface area contributed by atoms with Gasteiger partial charge in [-0.2, -0.15) is 0 Å². The summed E-state index contributed by atoms with van der Waals surface area (Å²) in [5.41, 5.74) is 9.62. The molecule has 8 rings (SSSR count). The van der Waals surface area contributed by atoms with Gasteiger partial charge >= 0.3 is 6.09 Å². The molecule has 330 valence electrons. The Morgan fingerprint density at radius 1 is 0.905 bits per heavy atom. The van der Waals surface area contributed by atoms with Crippen LogP contribution in [0.25, 0.3) is 50.5 Å². The first-order valence-electron chi connectivity index (χ1n) is 21.0. The van der Waals surface area contributed by atoms with Crippen molar-refractivity contribution in [3.05, 3.63) is 96.1 Å². The predicted octanol–water partition coefficient (Wildman–Crippen LogP) is 9.35. The molecule has 0 aliphatic carbocycles. The average Bonchev–Trinajstić information content (AvgIpc) is 4.03. The zero-order valence-corrected chi connectivity index (χ0v) is 38.7. The summed E-state index contributed by atoms with van der Waals surface area (Å²) in [6.07, 6.45) is 4.44. The number of H-pyrrole nitrogens is 1. The van der Waals surface area contributed by atoms with E-state index in [1.54, 1.807) is 33.9 Å². The summed E-state index contributed by atoms with van der Waals surface area (Å²) >= 11 is 0. The number of hydrogen-bond donors (Lipinski definition) is 1. The zero-order valence-electron chi connectivity index (χ0n) is 37.7. The molecule has 63 heavy (non-hydrogen) atoms. The summed E-state index contributed by atoms with van der Waals surface area (Å²) in [6.45, 7) is 21.1. The second-order valence-electron chi connectivity index (χ2n) is 18.1. The molecule has 15 nitrogen and oxygen atoms in total. The van der Waals surface area contributed by atoms with Crippen molar-refractivity contribution < 1.29 is 33.3 Å². The molecule has 1 aliphatic rings. The van der Waals surface area contributed by atoms with E-state index in [9.17, 15) is 14.4 Å². The molecule has 2 aromatic carbocycles. The molecule has 6 heterocycles. The van der Waals surface area contributed by atoms with Crippen molar-refractivity contribution in [2.45, 2.75) is 92.3 Å². The Morgan fingerprint density at radius 3 is 2.22 bits per heavy atom. The smallest absolute Gasteiger partial charge is 0.416 e. The summed E-state index contributed by atoms with van der Waals surface area (Å²) in [5, 5.41) is 0. The predicted molar refractivity (Wildman–Crippen MR) is 246 cm³/mol. The van der Waals surface area contributed by atoms with Crippen LogP contribution >= 0.6 is 0 Å². The van der Waals surface area contributed by atoms with E-state index in [1.165, 1.54) is 18.0 Å². The van der Waals surface area contributed by atoms with E-state index in [2.05, 4.69) is 50.0 Å². The third kappa shape index (κ3) is 10.4. The fraction of sp³-hybridized carbons (Fsp3) is 0.383. The molecular weight excluding hydrogens is 817 g/mol. The first-order valence-corrected chi connectivity index (χ1v) is 24.8. The number of fused-ring (bicyclic) bond motifs is 4. The molecule has 5 aromatic heterocycles. The lowest BCUT2D eigenvalue weighted by molar-refractivity contribution is -0.149. The molecule has 0 radical (unpaired) electrons. The Kier molecular flexibility index (Phi) is 12.8. The van der Waals surface area contributed by atoms with Crippen LogP contribution in [0.15, 0.2) is 79.3 Å². The molecule has 0 spiro atoms. The first kappa shape index (κ1) is 45.0. The van der Waals surface area contributed by atoms with Gasteiger partial charge in [-0.15, -0.1) is 0 Å². The summed E-state index contributed by atoms with van der Waals surface area (Å²) in [5.74, 6) is -0.647. The van der Waals surface area contributed by atoms with E-state index in [1.807, 2.05) is 79.2 Å². The topological polar surface area (TPSA) is 168 Å². The van der Waals surface area contributed by atoms with Gasteiger partial charge in [0.2, 0.25) is 0 Å². The third-order valence-electron chi connectivity index (χ3n) is 10.5. The molecule has 1 fully saturated rings. The van der Waals surface area contributed by atoms with Gasteiger partial charge in [0.1, 0.15) is 23.6 Å². The van der Waals surface area contributed by atoms with Crippen LogP contribution in [0.1, 0.15) is 63.2 Å². The minimum Gasteiger partial charge on any atom is -0.443 e. The molecule has 16 heteroatoms. The van der Waals surface area contributed by atoms with Crippen LogP contribution in [-0.2, 0) is 36.3 Å². The van der Waals surface area contributed by atoms with Crippen molar-refractivity contribution in [1.82, 2.24) is 33.9 Å². The Labute approximate surface area is 367 Å². The van der Waals surface area contributed by atoms with Crippen molar-refractivity contribution >= 4 is 59.5 Å². The Hall–Kier alpha value is -6.07. The number of aromatic nitrogens is 7. The van der Waals surface area contributed by atoms with E-state index >= 15 is 0 Å². The largest absolute Gasteiger partial charge is 0.443 e. The number of rotatable bonds is 12. The number of Topliss-reactive ketones (excluding diaryl/α,β-unsaturated/α-hetero) is 2. The van der Waals surface area contributed by atoms with E-state index in [-0.39, 0.29) is 23.9 Å². The van der Waals surface area contributed by atoms with Crippen LogP contribution < -0.4 is 4.90 Å². The molecule has 0 bridgehead atoms. The van der Waals surface area contributed by atoms with Gasteiger partial charge in [0.15, 0.2) is 34.3 Å². The Morgan fingerprint density at radius 2 is 1.59 bits per heavy atom. The number of ketones is 2. The number of ether oxygens (including phenoxy) is 4. The number of nitrogens with one attached hydrogen (secondary N) is 1. The van der Waals surface area contributed by atoms with Gasteiger partial charge in [-0.05, 0) is 77.8 Å². The van der Waals surface area contributed by atoms with E-state index < -0.39 is 25.6 Å². The lowest BCUT2D eigenvalue weighted by Crippen LogP contribution is -2.40. The van der Waals surface area contributed by atoms with Crippen molar-refractivity contribution in [2.24, 2.45) is 0 Å². The highest BCUT2D eigenvalue weighted by molar-refractivity contribution is 6.76. The summed E-state index contributed by atoms with van der Waals surface area (Å²) < 4.78 is 27.4. The fourth-order valence-corrected chi connectivity index (χ4v) is 7.93. The van der Waals surface area contributed by atoms with Crippen LogP contribution in [0.4, 0.5) is 10.6 Å². The maximum atomic E-state index is 13.0. The SMILES string of the molecule is CC(=O)CN(C(=O)OC(C)(C)C)c1cnc2c(cc(-c3ccc(C4(C)OCCO4)cc3)n2COCC[Si](C)(C)C)n1.CC(=O)c1ccc(-c2cc3c(ncc4ncc(C)n43)[nH]2)cc1. The van der Waals surface area contributed by atoms with Crippen molar-refractivity contribution in [3.8, 4) is 22.5 Å². The highest BCUT2D eigenvalue weighted by atomic mass is 28.3. The maximum absolute atomic E-state index is 13.0. The van der Waals surface area contributed by atoms with Crippen LogP contribution in [0.2, 0.25) is 25.7 Å². The second kappa shape index (κ2) is 18.0. The summed E-state index contributed by atoms with van der Waals surface area (Å²) in [7, 11) is -1.26. The van der Waals surface area contributed by atoms with Crippen LogP contribution in [0, 0.1) is 6.92 Å². The number of hydrogen-bond acceptors (Lipinski definition) is 11. The number of anilines is 1. The number of amides is 1. The number of aromatic amines is 1. The Balaban J connectivity index is 0.000000225. The lowest BCUT2D eigenvalue weighted by atomic mass is 10.0. The molecule has 1 saturated heterocycles. The molecule has 0 saturated carbocycles. The van der Waals surface area contributed by atoms with Gasteiger partial charge in [0.25, 0.3) is 0 Å². The fourth-order valence-electron chi connectivity index (χ4n) is 7.18. The third-order valence-corrected chi connectivity index (χ3v) is 12.2. The van der Waals surface area contributed by atoms with Gasteiger partial charge in [-0.1, -0.05) is 68.2 Å². The molecule has 1 N–H and O–H groups in total. The summed E-state index contributed by atoms with van der Waals surface area (Å²) in [4.78, 5) is 59.1. The lowest BCUT2D eigenvalue weighted by Gasteiger charge is -2.26. The molecule has 0 unspecified atom stereocenters. The average molecular weight is 873 g/mol. The number of carbonyl (C=O) groups excluding carboxylic acids is 3. The maximum Gasteiger partial charge on any atom is 0.416 e. The number of imidazole rings is 1. The minimum atomic E-state index is -1.26. The van der Waals surface area contributed by atoms with Crippen LogP contribution in [0.5, 0.6) is 0 Å². The zero-order chi connectivity index (χ0) is 45.3.